The van der Waals surface area contributed by atoms with Gasteiger partial charge in [-0.25, -0.2) is 0 Å². The van der Waals surface area contributed by atoms with Crippen molar-refractivity contribution >= 4 is 27.5 Å². The minimum absolute atomic E-state index is 0.206. The summed E-state index contributed by atoms with van der Waals surface area (Å²) in [6.07, 6.45) is 0. The molecule has 0 fully saturated rings. The lowest BCUT2D eigenvalue weighted by Gasteiger charge is -2.11. The van der Waals surface area contributed by atoms with Crippen LogP contribution in [0.1, 0.15) is 15.9 Å². The molecule has 0 aliphatic carbocycles. The molecule has 5 heteroatoms. The summed E-state index contributed by atoms with van der Waals surface area (Å²) >= 11 is 3.47. The van der Waals surface area contributed by atoms with Crippen LogP contribution >= 0.6 is 15.9 Å². The van der Waals surface area contributed by atoms with Gasteiger partial charge in [0.05, 0.1) is 19.9 Å². The van der Waals surface area contributed by atoms with Crippen molar-refractivity contribution in [2.24, 2.45) is 0 Å². The van der Waals surface area contributed by atoms with E-state index in [0.29, 0.717) is 17.1 Å². The van der Waals surface area contributed by atoms with Gasteiger partial charge in [0.25, 0.3) is 5.91 Å². The van der Waals surface area contributed by atoms with Gasteiger partial charge >= 0.3 is 0 Å². The molecule has 1 N–H and O–H groups in total. The number of carbonyl (C=O) groups excluding carboxylic acids is 1. The molecule has 2 aromatic carbocycles. The number of ether oxygens (including phenoxy) is 2. The molecule has 0 aromatic heterocycles. The van der Waals surface area contributed by atoms with Crippen molar-refractivity contribution in [3.05, 3.63) is 52.0 Å². The lowest BCUT2D eigenvalue weighted by Crippen LogP contribution is -2.12. The number of rotatable bonds is 4. The van der Waals surface area contributed by atoms with Crippen LogP contribution in [0.25, 0.3) is 0 Å². The Morgan fingerprint density at radius 1 is 1.10 bits per heavy atom. The van der Waals surface area contributed by atoms with Gasteiger partial charge in [0.1, 0.15) is 0 Å². The van der Waals surface area contributed by atoms with Crippen LogP contribution in [0.3, 0.4) is 0 Å². The third-order valence-electron chi connectivity index (χ3n) is 3.09. The van der Waals surface area contributed by atoms with Crippen LogP contribution in [0.15, 0.2) is 40.9 Å². The smallest absolute Gasteiger partial charge is 0.255 e. The number of benzene rings is 2. The average Bonchev–Trinajstić information content (AvgIpc) is 2.51. The number of nitrogens with one attached hydrogen (secondary N) is 1. The molecular weight excluding hydrogens is 334 g/mol. The Hall–Kier alpha value is -2.01. The number of anilines is 1. The van der Waals surface area contributed by atoms with E-state index < -0.39 is 0 Å². The molecule has 2 rings (SSSR count). The van der Waals surface area contributed by atoms with Gasteiger partial charge in [0, 0.05) is 10.0 Å². The summed E-state index contributed by atoms with van der Waals surface area (Å²) in [7, 11) is 3.10. The van der Waals surface area contributed by atoms with Gasteiger partial charge in [-0.3, -0.25) is 4.79 Å². The molecule has 0 saturated heterocycles. The molecule has 0 aliphatic rings. The maximum absolute atomic E-state index is 12.3. The van der Waals surface area contributed by atoms with E-state index in [2.05, 4.69) is 21.2 Å². The van der Waals surface area contributed by atoms with Crippen LogP contribution in [0.5, 0.6) is 11.5 Å². The highest BCUT2D eigenvalue weighted by atomic mass is 79.9. The Bertz CT molecular complexity index is 671. The van der Waals surface area contributed by atoms with Gasteiger partial charge in [-0.05, 0) is 52.7 Å². The first kappa shape index (κ1) is 15.4. The van der Waals surface area contributed by atoms with Gasteiger partial charge in [-0.2, -0.15) is 0 Å². The zero-order valence-corrected chi connectivity index (χ0v) is 13.7. The number of hydrogen-bond donors (Lipinski definition) is 1. The lowest BCUT2D eigenvalue weighted by atomic mass is 10.1. The van der Waals surface area contributed by atoms with E-state index in [1.807, 2.05) is 25.1 Å². The molecule has 0 spiro atoms. The maximum Gasteiger partial charge on any atom is 0.255 e. The standard InChI is InChI=1S/C16H16BrNO3/c1-10-5-4-6-12(15(10)17)18-16(19)11-7-8-13(20-2)14(9-11)21-3/h4-9H,1-3H3,(H,18,19). The van der Waals surface area contributed by atoms with Crippen molar-refractivity contribution in [1.29, 1.82) is 0 Å². The minimum atomic E-state index is -0.206. The van der Waals surface area contributed by atoms with Crippen LogP contribution < -0.4 is 14.8 Å². The van der Waals surface area contributed by atoms with Crippen molar-refractivity contribution in [3.63, 3.8) is 0 Å². The van der Waals surface area contributed by atoms with Crippen molar-refractivity contribution in [2.75, 3.05) is 19.5 Å². The van der Waals surface area contributed by atoms with E-state index in [4.69, 9.17) is 9.47 Å². The van der Waals surface area contributed by atoms with Crippen molar-refractivity contribution < 1.29 is 14.3 Å². The van der Waals surface area contributed by atoms with Crippen LogP contribution in [0.2, 0.25) is 0 Å². The average molecular weight is 350 g/mol. The van der Waals surface area contributed by atoms with Crippen molar-refractivity contribution in [2.45, 2.75) is 6.92 Å². The Balaban J connectivity index is 2.26. The molecule has 0 bridgehead atoms. The van der Waals surface area contributed by atoms with Crippen LogP contribution in [0, 0.1) is 6.92 Å². The van der Waals surface area contributed by atoms with Gasteiger partial charge in [0.15, 0.2) is 11.5 Å². The number of amides is 1. The second-order valence-electron chi connectivity index (χ2n) is 4.46. The molecule has 0 unspecified atom stereocenters. The lowest BCUT2D eigenvalue weighted by molar-refractivity contribution is 0.102. The maximum atomic E-state index is 12.3. The van der Waals surface area contributed by atoms with E-state index in [0.717, 1.165) is 15.7 Å². The number of hydrogen-bond acceptors (Lipinski definition) is 3. The summed E-state index contributed by atoms with van der Waals surface area (Å²) in [6.45, 7) is 1.97. The van der Waals surface area contributed by atoms with E-state index in [9.17, 15) is 4.79 Å². The molecule has 0 heterocycles. The monoisotopic (exact) mass is 349 g/mol. The first-order valence-electron chi connectivity index (χ1n) is 6.35. The van der Waals surface area contributed by atoms with E-state index in [-0.39, 0.29) is 5.91 Å². The highest BCUT2D eigenvalue weighted by Gasteiger charge is 2.12. The van der Waals surface area contributed by atoms with Crippen molar-refractivity contribution in [1.82, 2.24) is 0 Å². The van der Waals surface area contributed by atoms with Gasteiger partial charge < -0.3 is 14.8 Å². The van der Waals surface area contributed by atoms with E-state index >= 15 is 0 Å². The Morgan fingerprint density at radius 2 is 1.81 bits per heavy atom. The number of halogens is 1. The largest absolute Gasteiger partial charge is 0.493 e. The van der Waals surface area contributed by atoms with Gasteiger partial charge in [-0.15, -0.1) is 0 Å². The van der Waals surface area contributed by atoms with E-state index in [1.54, 1.807) is 25.3 Å². The Kier molecular flexibility index (Phi) is 4.85. The quantitative estimate of drug-likeness (QED) is 0.906. The van der Waals surface area contributed by atoms with Crippen molar-refractivity contribution in [3.8, 4) is 11.5 Å². The van der Waals surface area contributed by atoms with Crippen LogP contribution in [0.4, 0.5) is 5.69 Å². The molecule has 0 radical (unpaired) electrons. The van der Waals surface area contributed by atoms with Crippen LogP contribution in [-0.4, -0.2) is 20.1 Å². The second-order valence-corrected chi connectivity index (χ2v) is 5.25. The first-order chi connectivity index (χ1) is 10.1. The third kappa shape index (κ3) is 3.36. The topological polar surface area (TPSA) is 47.6 Å². The molecular formula is C16H16BrNO3. The van der Waals surface area contributed by atoms with Crippen LogP contribution in [-0.2, 0) is 0 Å². The number of carbonyl (C=O) groups is 1. The molecule has 2 aromatic rings. The fourth-order valence-electron chi connectivity index (χ4n) is 1.92. The second kappa shape index (κ2) is 6.63. The first-order valence-corrected chi connectivity index (χ1v) is 7.14. The summed E-state index contributed by atoms with van der Waals surface area (Å²) in [6, 6.07) is 10.8. The highest BCUT2D eigenvalue weighted by molar-refractivity contribution is 9.10. The minimum Gasteiger partial charge on any atom is -0.493 e. The molecule has 1 amide bonds. The summed E-state index contributed by atoms with van der Waals surface area (Å²) < 4.78 is 11.2. The molecule has 21 heavy (non-hydrogen) atoms. The fraction of sp³-hybridized carbons (Fsp3) is 0.188. The molecule has 110 valence electrons. The molecule has 0 aliphatic heterocycles. The summed E-state index contributed by atoms with van der Waals surface area (Å²) in [5.41, 5.74) is 2.29. The highest BCUT2D eigenvalue weighted by Crippen LogP contribution is 2.29. The Morgan fingerprint density at radius 3 is 2.48 bits per heavy atom. The summed E-state index contributed by atoms with van der Waals surface area (Å²) in [5, 5.41) is 2.87. The van der Waals surface area contributed by atoms with Gasteiger partial charge in [-0.1, -0.05) is 12.1 Å². The number of aryl methyl sites for hydroxylation is 1. The third-order valence-corrected chi connectivity index (χ3v) is 4.14. The predicted molar refractivity (Wildman–Crippen MR) is 86.4 cm³/mol. The summed E-state index contributed by atoms with van der Waals surface area (Å²) in [4.78, 5) is 12.3. The fourth-order valence-corrected chi connectivity index (χ4v) is 2.28. The number of methoxy groups -OCH3 is 2. The van der Waals surface area contributed by atoms with E-state index in [1.165, 1.54) is 7.11 Å². The predicted octanol–water partition coefficient (Wildman–Crippen LogP) is 4.03. The zero-order chi connectivity index (χ0) is 15.4. The SMILES string of the molecule is COc1ccc(C(=O)Nc2cccc(C)c2Br)cc1OC. The zero-order valence-electron chi connectivity index (χ0n) is 12.1. The van der Waals surface area contributed by atoms with Gasteiger partial charge in [0.2, 0.25) is 0 Å². The summed E-state index contributed by atoms with van der Waals surface area (Å²) in [5.74, 6) is 0.904. The normalized spacial score (nSPS) is 10.1. The molecule has 4 nitrogen and oxygen atoms in total. The molecule has 0 saturated carbocycles. The molecule has 0 atom stereocenters. The Labute approximate surface area is 132 Å².